The summed E-state index contributed by atoms with van der Waals surface area (Å²) in [7, 11) is 0. The number of benzene rings is 1. The monoisotopic (exact) mass is 313 g/mol. The molecule has 1 saturated carbocycles. The fraction of sp³-hybridized carbons (Fsp3) is 0.429. The van der Waals surface area contributed by atoms with Gasteiger partial charge in [-0.2, -0.15) is 0 Å². The summed E-state index contributed by atoms with van der Waals surface area (Å²) in [6.45, 7) is 0. The Bertz CT molecular complexity index is 586. The molecule has 1 aromatic rings. The molecule has 2 fully saturated rings. The van der Waals surface area contributed by atoms with Crippen molar-refractivity contribution in [3.05, 3.63) is 33.8 Å². The number of likely N-dealkylation sites (tertiary alicyclic amines) is 1. The predicted molar refractivity (Wildman–Crippen MR) is 74.8 cm³/mol. The maximum absolute atomic E-state index is 12.1. The van der Waals surface area contributed by atoms with Gasteiger partial charge in [-0.15, -0.1) is 0 Å². The molecule has 1 saturated heterocycles. The van der Waals surface area contributed by atoms with Crippen molar-refractivity contribution in [1.29, 1.82) is 0 Å². The topological polar surface area (TPSA) is 57.6 Å². The van der Waals surface area contributed by atoms with Gasteiger partial charge in [0.25, 0.3) is 0 Å². The summed E-state index contributed by atoms with van der Waals surface area (Å²) in [6, 6.07) is 4.65. The van der Waals surface area contributed by atoms with Crippen LogP contribution >= 0.6 is 23.2 Å². The van der Waals surface area contributed by atoms with Crippen LogP contribution in [0.1, 0.15) is 30.9 Å². The quantitative estimate of drug-likeness (QED) is 0.932. The Balaban J connectivity index is 2.05. The van der Waals surface area contributed by atoms with E-state index in [1.807, 2.05) is 0 Å². The van der Waals surface area contributed by atoms with Gasteiger partial charge in [0.2, 0.25) is 5.91 Å². The molecule has 106 valence electrons. The highest BCUT2D eigenvalue weighted by molar-refractivity contribution is 6.35. The number of amides is 1. The smallest absolute Gasteiger partial charge is 0.309 e. The number of carbonyl (C=O) groups is 2. The summed E-state index contributed by atoms with van der Waals surface area (Å²) < 4.78 is 0. The molecule has 2 unspecified atom stereocenters. The maximum atomic E-state index is 12.1. The summed E-state index contributed by atoms with van der Waals surface area (Å²) in [6.07, 6.45) is 1.90. The third kappa shape index (κ3) is 2.27. The Kier molecular flexibility index (Phi) is 3.38. The summed E-state index contributed by atoms with van der Waals surface area (Å²) in [5.41, 5.74) is 0.668. The average Bonchev–Trinajstić information content (AvgIpc) is 3.13. The number of nitrogens with zero attached hydrogens (tertiary/aromatic N) is 1. The normalized spacial score (nSPS) is 26.1. The minimum Gasteiger partial charge on any atom is -0.481 e. The van der Waals surface area contributed by atoms with Gasteiger partial charge in [0.05, 0.1) is 12.0 Å². The first-order valence-electron chi connectivity index (χ1n) is 6.48. The molecular formula is C14H13Cl2NO3. The summed E-state index contributed by atoms with van der Waals surface area (Å²) in [4.78, 5) is 25.3. The van der Waals surface area contributed by atoms with E-state index >= 15 is 0 Å². The number of hydrogen-bond donors (Lipinski definition) is 1. The van der Waals surface area contributed by atoms with Gasteiger partial charge in [0, 0.05) is 22.5 Å². The molecular weight excluding hydrogens is 301 g/mol. The highest BCUT2D eigenvalue weighted by Crippen LogP contribution is 2.46. The molecule has 1 aliphatic carbocycles. The number of carboxylic acids is 1. The van der Waals surface area contributed by atoms with Crippen molar-refractivity contribution in [2.45, 2.75) is 31.3 Å². The van der Waals surface area contributed by atoms with Crippen molar-refractivity contribution in [2.24, 2.45) is 5.92 Å². The molecule has 0 spiro atoms. The molecule has 0 radical (unpaired) electrons. The van der Waals surface area contributed by atoms with Crippen LogP contribution in [-0.4, -0.2) is 27.9 Å². The van der Waals surface area contributed by atoms with Crippen molar-refractivity contribution >= 4 is 35.1 Å². The first-order chi connectivity index (χ1) is 9.49. The summed E-state index contributed by atoms with van der Waals surface area (Å²) in [5.74, 6) is -1.81. The highest BCUT2D eigenvalue weighted by Gasteiger charge is 2.50. The standard InChI is InChI=1S/C14H13Cl2NO3/c15-7-1-4-9(11(16)5-7)13-10(14(19)20)6-12(18)17(13)8-2-3-8/h1,4-5,8,10,13H,2-3,6H2,(H,19,20). The third-order valence-electron chi connectivity index (χ3n) is 3.90. The van der Waals surface area contributed by atoms with Crippen LogP contribution < -0.4 is 0 Å². The Morgan fingerprint density at radius 3 is 2.55 bits per heavy atom. The number of hydrogen-bond acceptors (Lipinski definition) is 2. The summed E-state index contributed by atoms with van der Waals surface area (Å²) >= 11 is 12.1. The van der Waals surface area contributed by atoms with Crippen LogP contribution in [0.3, 0.4) is 0 Å². The lowest BCUT2D eigenvalue weighted by molar-refractivity contribution is -0.142. The van der Waals surface area contributed by atoms with Gasteiger partial charge in [-0.3, -0.25) is 9.59 Å². The van der Waals surface area contributed by atoms with Crippen molar-refractivity contribution < 1.29 is 14.7 Å². The van der Waals surface area contributed by atoms with Gasteiger partial charge < -0.3 is 10.0 Å². The Labute approximate surface area is 126 Å². The van der Waals surface area contributed by atoms with Gasteiger partial charge in [0.15, 0.2) is 0 Å². The van der Waals surface area contributed by atoms with Crippen molar-refractivity contribution in [1.82, 2.24) is 4.90 Å². The molecule has 1 aromatic carbocycles. The van der Waals surface area contributed by atoms with Gasteiger partial charge in [-0.25, -0.2) is 0 Å². The Hall–Kier alpha value is -1.26. The lowest BCUT2D eigenvalue weighted by Gasteiger charge is -2.28. The molecule has 0 bridgehead atoms. The second-order valence-corrected chi connectivity index (χ2v) is 6.14. The zero-order valence-electron chi connectivity index (χ0n) is 10.6. The number of carbonyl (C=O) groups excluding carboxylic acids is 1. The second-order valence-electron chi connectivity index (χ2n) is 5.29. The van der Waals surface area contributed by atoms with E-state index in [0.29, 0.717) is 15.6 Å². The van der Waals surface area contributed by atoms with E-state index in [4.69, 9.17) is 23.2 Å². The van der Waals surface area contributed by atoms with Crippen molar-refractivity contribution in [3.8, 4) is 0 Å². The molecule has 1 N–H and O–H groups in total. The lowest BCUT2D eigenvalue weighted by atomic mass is 9.93. The minimum atomic E-state index is -0.961. The van der Waals surface area contributed by atoms with E-state index in [0.717, 1.165) is 12.8 Å². The van der Waals surface area contributed by atoms with Gasteiger partial charge in [-0.1, -0.05) is 29.3 Å². The van der Waals surface area contributed by atoms with Crippen LogP contribution in [0.2, 0.25) is 10.0 Å². The number of carboxylic acid groups (broad SMARTS) is 1. The van der Waals surface area contributed by atoms with E-state index in [-0.39, 0.29) is 18.4 Å². The lowest BCUT2D eigenvalue weighted by Crippen LogP contribution is -2.32. The van der Waals surface area contributed by atoms with Gasteiger partial charge in [-0.05, 0) is 30.5 Å². The molecule has 1 amide bonds. The molecule has 0 aromatic heterocycles. The summed E-state index contributed by atoms with van der Waals surface area (Å²) in [5, 5.41) is 10.3. The van der Waals surface area contributed by atoms with Crippen LogP contribution in [-0.2, 0) is 9.59 Å². The highest BCUT2D eigenvalue weighted by atomic mass is 35.5. The first-order valence-corrected chi connectivity index (χ1v) is 7.23. The number of rotatable bonds is 3. The molecule has 1 heterocycles. The van der Waals surface area contributed by atoms with E-state index in [2.05, 4.69) is 0 Å². The van der Waals surface area contributed by atoms with Gasteiger partial charge >= 0.3 is 5.97 Å². The van der Waals surface area contributed by atoms with Crippen LogP contribution in [0.4, 0.5) is 0 Å². The first kappa shape index (κ1) is 13.7. The molecule has 6 heteroatoms. The van der Waals surface area contributed by atoms with Crippen molar-refractivity contribution in [3.63, 3.8) is 0 Å². The SMILES string of the molecule is O=C(O)C1CC(=O)N(C2CC2)C1c1ccc(Cl)cc1Cl. The minimum absolute atomic E-state index is 0.0372. The molecule has 1 aliphatic heterocycles. The molecule has 4 nitrogen and oxygen atoms in total. The van der Waals surface area contributed by atoms with Crippen molar-refractivity contribution in [2.75, 3.05) is 0 Å². The van der Waals surface area contributed by atoms with Crippen LogP contribution in [0, 0.1) is 5.92 Å². The third-order valence-corrected chi connectivity index (χ3v) is 4.46. The number of halogens is 2. The fourth-order valence-corrected chi connectivity index (χ4v) is 3.39. The second kappa shape index (κ2) is 4.93. The zero-order chi connectivity index (χ0) is 14.4. The predicted octanol–water partition coefficient (Wildman–Crippen LogP) is 3.13. The van der Waals surface area contributed by atoms with E-state index in [1.165, 1.54) is 0 Å². The zero-order valence-corrected chi connectivity index (χ0v) is 12.1. The van der Waals surface area contributed by atoms with Crippen LogP contribution in [0.15, 0.2) is 18.2 Å². The Morgan fingerprint density at radius 1 is 1.30 bits per heavy atom. The Morgan fingerprint density at radius 2 is 2.00 bits per heavy atom. The molecule has 3 rings (SSSR count). The maximum Gasteiger partial charge on any atom is 0.309 e. The fourth-order valence-electron chi connectivity index (χ4n) is 2.87. The average molecular weight is 314 g/mol. The molecule has 2 atom stereocenters. The molecule has 2 aliphatic rings. The largest absolute Gasteiger partial charge is 0.481 e. The number of aliphatic carboxylic acids is 1. The van der Waals surface area contributed by atoms with Crippen LogP contribution in [0.5, 0.6) is 0 Å². The van der Waals surface area contributed by atoms with Crippen LogP contribution in [0.25, 0.3) is 0 Å². The van der Waals surface area contributed by atoms with E-state index < -0.39 is 17.9 Å². The van der Waals surface area contributed by atoms with E-state index in [1.54, 1.807) is 23.1 Å². The molecule has 20 heavy (non-hydrogen) atoms. The van der Waals surface area contributed by atoms with E-state index in [9.17, 15) is 14.7 Å². The van der Waals surface area contributed by atoms with Gasteiger partial charge in [0.1, 0.15) is 0 Å².